The van der Waals surface area contributed by atoms with Crippen molar-refractivity contribution in [1.29, 1.82) is 0 Å². The van der Waals surface area contributed by atoms with Gasteiger partial charge in [-0.1, -0.05) is 5.92 Å². The van der Waals surface area contributed by atoms with Crippen LogP contribution in [0.1, 0.15) is 34.8 Å². The van der Waals surface area contributed by atoms with E-state index in [1.165, 1.54) is 35.3 Å². The van der Waals surface area contributed by atoms with Crippen LogP contribution >= 0.6 is 11.3 Å². The topological polar surface area (TPSA) is 0 Å². The van der Waals surface area contributed by atoms with Crippen LogP contribution in [0.4, 0.5) is 0 Å². The highest BCUT2D eigenvalue weighted by Gasteiger charge is 2.21. The first kappa shape index (κ1) is 7.89. The van der Waals surface area contributed by atoms with Crippen LogP contribution < -0.4 is 0 Å². The lowest BCUT2D eigenvalue weighted by Crippen LogP contribution is -2.06. The molecule has 1 aliphatic rings. The van der Waals surface area contributed by atoms with Crippen LogP contribution in [0.5, 0.6) is 0 Å². The summed E-state index contributed by atoms with van der Waals surface area (Å²) in [5.74, 6) is 3.30. The molecule has 1 atom stereocenters. The molecule has 0 nitrogen and oxygen atoms in total. The van der Waals surface area contributed by atoms with Gasteiger partial charge in [-0.2, -0.15) is 0 Å². The fraction of sp³-hybridized carbons (Fsp3) is 0.455. The standard InChI is InChI=1S/C11H12S/c1-3-9-5-4-6-10-11(9)8(2)7-12-10/h1,7,9H,4-6H2,2H3. The van der Waals surface area contributed by atoms with Gasteiger partial charge in [0.15, 0.2) is 0 Å². The van der Waals surface area contributed by atoms with Crippen molar-refractivity contribution in [3.8, 4) is 12.3 Å². The summed E-state index contributed by atoms with van der Waals surface area (Å²) in [6, 6.07) is 0. The summed E-state index contributed by atoms with van der Waals surface area (Å²) in [7, 11) is 0. The maximum Gasteiger partial charge on any atom is 0.0463 e. The Labute approximate surface area is 77.6 Å². The van der Waals surface area contributed by atoms with E-state index in [1.54, 1.807) is 0 Å². The molecule has 1 aromatic heterocycles. The second-order valence-corrected chi connectivity index (χ2v) is 4.33. The predicted molar refractivity (Wildman–Crippen MR) is 53.6 cm³/mol. The number of rotatable bonds is 0. The highest BCUT2D eigenvalue weighted by Crippen LogP contribution is 2.37. The summed E-state index contributed by atoms with van der Waals surface area (Å²) in [5, 5.41) is 2.24. The molecule has 1 aromatic rings. The van der Waals surface area contributed by atoms with Crippen LogP contribution in [0, 0.1) is 19.3 Å². The molecule has 1 heteroatoms. The van der Waals surface area contributed by atoms with Crippen molar-refractivity contribution in [2.45, 2.75) is 32.1 Å². The van der Waals surface area contributed by atoms with E-state index >= 15 is 0 Å². The second kappa shape index (κ2) is 2.95. The van der Waals surface area contributed by atoms with Crippen molar-refractivity contribution in [3.05, 3.63) is 21.4 Å². The van der Waals surface area contributed by atoms with Crippen LogP contribution in [-0.2, 0) is 6.42 Å². The second-order valence-electron chi connectivity index (χ2n) is 3.37. The van der Waals surface area contributed by atoms with Crippen molar-refractivity contribution in [1.82, 2.24) is 0 Å². The van der Waals surface area contributed by atoms with Crippen LogP contribution in [-0.4, -0.2) is 0 Å². The lowest BCUT2D eigenvalue weighted by Gasteiger charge is -2.18. The van der Waals surface area contributed by atoms with Crippen molar-refractivity contribution in [3.63, 3.8) is 0 Å². The van der Waals surface area contributed by atoms with Gasteiger partial charge in [0, 0.05) is 10.8 Å². The van der Waals surface area contributed by atoms with Gasteiger partial charge in [0.25, 0.3) is 0 Å². The molecule has 1 heterocycles. The van der Waals surface area contributed by atoms with Crippen LogP contribution in [0.3, 0.4) is 0 Å². The molecule has 0 saturated heterocycles. The predicted octanol–water partition coefficient (Wildman–Crippen LogP) is 3.11. The average Bonchev–Trinajstić information content (AvgIpc) is 2.48. The number of fused-ring (bicyclic) bond motifs is 1. The summed E-state index contributed by atoms with van der Waals surface area (Å²) in [4.78, 5) is 1.53. The first-order valence-corrected chi connectivity index (χ1v) is 5.24. The molecule has 0 aromatic carbocycles. The Morgan fingerprint density at radius 3 is 3.25 bits per heavy atom. The molecule has 2 rings (SSSR count). The molecule has 0 N–H and O–H groups in total. The lowest BCUT2D eigenvalue weighted by molar-refractivity contribution is 0.648. The van der Waals surface area contributed by atoms with E-state index in [2.05, 4.69) is 18.2 Å². The Balaban J connectivity index is 2.49. The van der Waals surface area contributed by atoms with E-state index < -0.39 is 0 Å². The Kier molecular flexibility index (Phi) is 1.94. The average molecular weight is 176 g/mol. The van der Waals surface area contributed by atoms with Crippen molar-refractivity contribution < 1.29 is 0 Å². The maximum absolute atomic E-state index is 5.50. The minimum Gasteiger partial charge on any atom is -0.148 e. The van der Waals surface area contributed by atoms with E-state index in [1.807, 2.05) is 11.3 Å². The zero-order chi connectivity index (χ0) is 8.55. The Hall–Kier alpha value is -0.740. The maximum atomic E-state index is 5.50. The normalized spacial score (nSPS) is 21.5. The SMILES string of the molecule is C#CC1CCCc2scc(C)c21. The largest absolute Gasteiger partial charge is 0.148 e. The van der Waals surface area contributed by atoms with Gasteiger partial charge >= 0.3 is 0 Å². The van der Waals surface area contributed by atoms with Crippen molar-refractivity contribution >= 4 is 11.3 Å². The number of terminal acetylenes is 1. The van der Waals surface area contributed by atoms with Gasteiger partial charge in [-0.3, -0.25) is 0 Å². The smallest absolute Gasteiger partial charge is 0.0463 e. The Morgan fingerprint density at radius 1 is 1.67 bits per heavy atom. The van der Waals surface area contributed by atoms with Crippen LogP contribution in [0.2, 0.25) is 0 Å². The fourth-order valence-corrected chi connectivity index (χ4v) is 3.09. The van der Waals surface area contributed by atoms with Gasteiger partial charge in [-0.15, -0.1) is 17.8 Å². The van der Waals surface area contributed by atoms with Gasteiger partial charge in [0.2, 0.25) is 0 Å². The zero-order valence-corrected chi connectivity index (χ0v) is 8.08. The minimum absolute atomic E-state index is 0.403. The molecule has 1 aliphatic carbocycles. The molecule has 0 spiro atoms. The van der Waals surface area contributed by atoms with Gasteiger partial charge in [0.1, 0.15) is 0 Å². The summed E-state index contributed by atoms with van der Waals surface area (Å²) >= 11 is 1.88. The van der Waals surface area contributed by atoms with Gasteiger partial charge in [-0.25, -0.2) is 0 Å². The lowest BCUT2D eigenvalue weighted by atomic mass is 9.86. The summed E-state index contributed by atoms with van der Waals surface area (Å²) < 4.78 is 0. The first-order chi connectivity index (χ1) is 5.83. The number of hydrogen-bond donors (Lipinski definition) is 0. The van der Waals surface area contributed by atoms with Crippen molar-refractivity contribution in [2.24, 2.45) is 0 Å². The van der Waals surface area contributed by atoms with Crippen LogP contribution in [0.25, 0.3) is 0 Å². The zero-order valence-electron chi connectivity index (χ0n) is 7.26. The monoisotopic (exact) mass is 176 g/mol. The third-order valence-corrected chi connectivity index (χ3v) is 3.73. The van der Waals surface area contributed by atoms with E-state index in [9.17, 15) is 0 Å². The van der Waals surface area contributed by atoms with E-state index in [-0.39, 0.29) is 0 Å². The molecule has 0 radical (unpaired) electrons. The number of hydrogen-bond acceptors (Lipinski definition) is 1. The molecular weight excluding hydrogens is 164 g/mol. The summed E-state index contributed by atoms with van der Waals surface area (Å²) in [6.45, 7) is 2.17. The Morgan fingerprint density at radius 2 is 2.50 bits per heavy atom. The van der Waals surface area contributed by atoms with Crippen molar-refractivity contribution in [2.75, 3.05) is 0 Å². The quantitative estimate of drug-likeness (QED) is 0.533. The van der Waals surface area contributed by atoms with Gasteiger partial charge in [0.05, 0.1) is 0 Å². The summed E-state index contributed by atoms with van der Waals surface area (Å²) in [5.41, 5.74) is 2.87. The number of thiophene rings is 1. The molecule has 0 aliphatic heterocycles. The summed E-state index contributed by atoms with van der Waals surface area (Å²) in [6.07, 6.45) is 9.19. The van der Waals surface area contributed by atoms with E-state index in [0.29, 0.717) is 5.92 Å². The Bertz CT molecular complexity index is 327. The van der Waals surface area contributed by atoms with Gasteiger partial charge < -0.3 is 0 Å². The third-order valence-electron chi connectivity index (χ3n) is 2.55. The third kappa shape index (κ3) is 1.07. The molecule has 1 unspecified atom stereocenters. The van der Waals surface area contributed by atoms with Gasteiger partial charge in [-0.05, 0) is 42.7 Å². The fourth-order valence-electron chi connectivity index (χ4n) is 1.95. The molecule has 0 fully saturated rings. The number of aryl methyl sites for hydroxylation is 2. The van der Waals surface area contributed by atoms with E-state index in [4.69, 9.17) is 6.42 Å². The molecule has 62 valence electrons. The molecular formula is C11H12S. The molecule has 0 bridgehead atoms. The molecule has 12 heavy (non-hydrogen) atoms. The van der Waals surface area contributed by atoms with E-state index in [0.717, 1.165) is 0 Å². The molecule has 0 saturated carbocycles. The molecule has 0 amide bonds. The highest BCUT2D eigenvalue weighted by molar-refractivity contribution is 7.10. The first-order valence-electron chi connectivity index (χ1n) is 4.36. The van der Waals surface area contributed by atoms with Crippen LogP contribution in [0.15, 0.2) is 5.38 Å². The highest BCUT2D eigenvalue weighted by atomic mass is 32.1. The minimum atomic E-state index is 0.403.